The molecule has 1 aliphatic rings. The van der Waals surface area contributed by atoms with E-state index in [4.69, 9.17) is 5.73 Å². The third-order valence-electron chi connectivity index (χ3n) is 2.22. The van der Waals surface area contributed by atoms with Gasteiger partial charge >= 0.3 is 6.18 Å². The Kier molecular flexibility index (Phi) is 1.99. The van der Waals surface area contributed by atoms with Crippen molar-refractivity contribution in [2.24, 2.45) is 5.73 Å². The van der Waals surface area contributed by atoms with Crippen molar-refractivity contribution in [2.75, 3.05) is 0 Å². The number of rotatable bonds is 1. The lowest BCUT2D eigenvalue weighted by Gasteiger charge is -2.28. The molecule has 0 saturated heterocycles. The largest absolute Gasteiger partial charge is 0.455 e. The molecule has 0 bridgehead atoms. The summed E-state index contributed by atoms with van der Waals surface area (Å²) in [6.45, 7) is 0. The highest BCUT2D eigenvalue weighted by Gasteiger charge is 2.39. The molecule has 0 amide bonds. The van der Waals surface area contributed by atoms with E-state index in [-0.39, 0.29) is 17.9 Å². The summed E-state index contributed by atoms with van der Waals surface area (Å²) >= 11 is 0. The lowest BCUT2D eigenvalue weighted by atomic mass is 9.81. The summed E-state index contributed by atoms with van der Waals surface area (Å²) in [5.41, 5.74) is 5.49. The van der Waals surface area contributed by atoms with E-state index in [1.807, 2.05) is 0 Å². The van der Waals surface area contributed by atoms with Gasteiger partial charge in [-0.2, -0.15) is 18.2 Å². The van der Waals surface area contributed by atoms with Gasteiger partial charge in [0.25, 0.3) is 5.82 Å². The van der Waals surface area contributed by atoms with Crippen molar-refractivity contribution in [3.63, 3.8) is 0 Å². The van der Waals surface area contributed by atoms with Gasteiger partial charge in [-0.25, -0.2) is 0 Å². The van der Waals surface area contributed by atoms with Crippen LogP contribution in [0.5, 0.6) is 0 Å². The number of hydrogen-bond acceptors (Lipinski definition) is 4. The summed E-state index contributed by atoms with van der Waals surface area (Å²) < 4.78 is 40.7. The molecule has 0 aliphatic heterocycles. The molecule has 1 heterocycles. The van der Waals surface area contributed by atoms with Crippen molar-refractivity contribution in [3.05, 3.63) is 11.7 Å². The summed E-state index contributed by atoms with van der Waals surface area (Å²) in [4.78, 5) is 3.28. The van der Waals surface area contributed by atoms with Crippen LogP contribution in [0.1, 0.15) is 30.5 Å². The van der Waals surface area contributed by atoms with Gasteiger partial charge < -0.3 is 10.3 Å². The second-order valence-electron chi connectivity index (χ2n) is 3.38. The Bertz CT molecular complexity index is 329. The predicted octanol–water partition coefficient (Wildman–Crippen LogP) is 1.29. The fourth-order valence-corrected chi connectivity index (χ4v) is 1.38. The standard InChI is InChI=1S/C7H8F3N3O/c8-7(9,10)6-12-5(14-13-6)3-1-4(11)2-3/h3-4H,1-2,11H2. The highest BCUT2D eigenvalue weighted by molar-refractivity contribution is 5.03. The number of aromatic nitrogens is 2. The predicted molar refractivity (Wildman–Crippen MR) is 39.3 cm³/mol. The first-order chi connectivity index (χ1) is 6.47. The summed E-state index contributed by atoms with van der Waals surface area (Å²) in [5, 5.41) is 2.86. The van der Waals surface area contributed by atoms with Crippen molar-refractivity contribution >= 4 is 0 Å². The Morgan fingerprint density at radius 1 is 1.36 bits per heavy atom. The molecule has 1 aliphatic carbocycles. The third kappa shape index (κ3) is 1.59. The fourth-order valence-electron chi connectivity index (χ4n) is 1.38. The van der Waals surface area contributed by atoms with Crippen molar-refractivity contribution in [3.8, 4) is 0 Å². The van der Waals surface area contributed by atoms with E-state index in [2.05, 4.69) is 14.7 Å². The summed E-state index contributed by atoms with van der Waals surface area (Å²) in [6.07, 6.45) is -3.31. The molecule has 2 N–H and O–H groups in total. The lowest BCUT2D eigenvalue weighted by Crippen LogP contribution is -2.34. The molecule has 1 aromatic heterocycles. The molecule has 2 rings (SSSR count). The molecule has 0 unspecified atom stereocenters. The first kappa shape index (κ1) is 9.45. The first-order valence-electron chi connectivity index (χ1n) is 4.13. The number of hydrogen-bond donors (Lipinski definition) is 1. The zero-order chi connectivity index (χ0) is 10.3. The summed E-state index contributed by atoms with van der Waals surface area (Å²) in [6, 6.07) is 0.0428. The van der Waals surface area contributed by atoms with E-state index < -0.39 is 12.0 Å². The molecule has 7 heteroatoms. The van der Waals surface area contributed by atoms with Crippen LogP contribution in [0, 0.1) is 0 Å². The van der Waals surface area contributed by atoms with Crippen LogP contribution in [0.3, 0.4) is 0 Å². The minimum Gasteiger partial charge on any atom is -0.339 e. The van der Waals surface area contributed by atoms with E-state index in [0.717, 1.165) is 0 Å². The number of nitrogens with two attached hydrogens (primary N) is 1. The van der Waals surface area contributed by atoms with Gasteiger partial charge in [0.15, 0.2) is 0 Å². The van der Waals surface area contributed by atoms with E-state index in [9.17, 15) is 13.2 Å². The lowest BCUT2D eigenvalue weighted by molar-refractivity contribution is -0.146. The van der Waals surface area contributed by atoms with Gasteiger partial charge in [-0.3, -0.25) is 0 Å². The van der Waals surface area contributed by atoms with Gasteiger partial charge in [0, 0.05) is 12.0 Å². The van der Waals surface area contributed by atoms with Crippen LogP contribution in [0.15, 0.2) is 4.52 Å². The van der Waals surface area contributed by atoms with Crippen molar-refractivity contribution in [1.29, 1.82) is 0 Å². The normalized spacial score (nSPS) is 27.4. The Hall–Kier alpha value is -1.11. The molecule has 14 heavy (non-hydrogen) atoms. The summed E-state index contributed by atoms with van der Waals surface area (Å²) in [7, 11) is 0. The third-order valence-corrected chi connectivity index (χ3v) is 2.22. The molecular weight excluding hydrogens is 199 g/mol. The maximum absolute atomic E-state index is 12.1. The van der Waals surface area contributed by atoms with E-state index >= 15 is 0 Å². The molecular formula is C7H8F3N3O. The van der Waals surface area contributed by atoms with E-state index in [0.29, 0.717) is 12.8 Å². The van der Waals surface area contributed by atoms with Crippen LogP contribution in [0.25, 0.3) is 0 Å². The Morgan fingerprint density at radius 2 is 2.00 bits per heavy atom. The Balaban J connectivity index is 2.11. The molecule has 4 nitrogen and oxygen atoms in total. The average molecular weight is 207 g/mol. The highest BCUT2D eigenvalue weighted by Crippen LogP contribution is 2.36. The zero-order valence-electron chi connectivity index (χ0n) is 7.08. The van der Waals surface area contributed by atoms with E-state index in [1.54, 1.807) is 0 Å². The van der Waals surface area contributed by atoms with Crippen molar-refractivity contribution in [2.45, 2.75) is 31.0 Å². The maximum atomic E-state index is 12.1. The van der Waals surface area contributed by atoms with Gasteiger partial charge in [0.2, 0.25) is 5.89 Å². The average Bonchev–Trinajstić information content (AvgIpc) is 2.45. The van der Waals surface area contributed by atoms with E-state index in [1.165, 1.54) is 0 Å². The minimum absolute atomic E-state index is 0.0408. The van der Waals surface area contributed by atoms with Gasteiger partial charge in [0.05, 0.1) is 0 Å². The Morgan fingerprint density at radius 3 is 2.43 bits per heavy atom. The van der Waals surface area contributed by atoms with Crippen LogP contribution < -0.4 is 5.73 Å². The van der Waals surface area contributed by atoms with Gasteiger partial charge in [0.1, 0.15) is 0 Å². The monoisotopic (exact) mass is 207 g/mol. The second-order valence-corrected chi connectivity index (χ2v) is 3.38. The summed E-state index contributed by atoms with van der Waals surface area (Å²) in [5.74, 6) is -1.28. The smallest absolute Gasteiger partial charge is 0.339 e. The molecule has 0 aromatic carbocycles. The van der Waals surface area contributed by atoms with Crippen molar-refractivity contribution < 1.29 is 17.7 Å². The topological polar surface area (TPSA) is 64.9 Å². The SMILES string of the molecule is NC1CC(c2nc(C(F)(F)F)no2)C1. The van der Waals surface area contributed by atoms with Crippen LogP contribution in [-0.4, -0.2) is 16.2 Å². The molecule has 1 fully saturated rings. The molecule has 78 valence electrons. The van der Waals surface area contributed by atoms with Gasteiger partial charge in [-0.15, -0.1) is 0 Å². The number of halogens is 3. The van der Waals surface area contributed by atoms with Gasteiger partial charge in [-0.05, 0) is 12.8 Å². The van der Waals surface area contributed by atoms with Crippen molar-refractivity contribution in [1.82, 2.24) is 10.1 Å². The van der Waals surface area contributed by atoms with Crippen LogP contribution in [0.2, 0.25) is 0 Å². The second kappa shape index (κ2) is 2.94. The molecule has 0 atom stereocenters. The molecule has 1 aromatic rings. The maximum Gasteiger partial charge on any atom is 0.455 e. The minimum atomic E-state index is -4.53. The van der Waals surface area contributed by atoms with Gasteiger partial charge in [-0.1, -0.05) is 5.16 Å². The zero-order valence-corrected chi connectivity index (χ0v) is 7.08. The highest BCUT2D eigenvalue weighted by atomic mass is 19.4. The number of nitrogens with zero attached hydrogens (tertiary/aromatic N) is 2. The first-order valence-corrected chi connectivity index (χ1v) is 4.13. The fraction of sp³-hybridized carbons (Fsp3) is 0.714. The Labute approximate surface area is 77.3 Å². The van der Waals surface area contributed by atoms with Crippen LogP contribution >= 0.6 is 0 Å². The molecule has 0 spiro atoms. The van der Waals surface area contributed by atoms with Crippen LogP contribution in [-0.2, 0) is 6.18 Å². The van der Waals surface area contributed by atoms with Crippen LogP contribution in [0.4, 0.5) is 13.2 Å². The quantitative estimate of drug-likeness (QED) is 0.753. The molecule has 1 saturated carbocycles. The number of alkyl halides is 3. The molecule has 0 radical (unpaired) electrons.